The highest BCUT2D eigenvalue weighted by Gasteiger charge is 2.32. The number of halogens is 1. The summed E-state index contributed by atoms with van der Waals surface area (Å²) in [7, 11) is 4.68. The van der Waals surface area contributed by atoms with E-state index < -0.39 is 41.4 Å². The molecule has 4 amide bonds. The molecule has 0 fully saturated rings. The van der Waals surface area contributed by atoms with Gasteiger partial charge in [0.2, 0.25) is 17.7 Å². The average molecular weight is 797 g/mol. The summed E-state index contributed by atoms with van der Waals surface area (Å²) in [5, 5.41) is 11.6. The first-order chi connectivity index (χ1) is 25.1. The molecule has 53 heavy (non-hydrogen) atoms. The van der Waals surface area contributed by atoms with Crippen molar-refractivity contribution in [1.82, 2.24) is 21.3 Å². The summed E-state index contributed by atoms with van der Waals surface area (Å²) < 4.78 is 16.0. The highest BCUT2D eigenvalue weighted by molar-refractivity contribution is 8.76. The minimum atomic E-state index is -0.847. The molecule has 0 spiro atoms. The van der Waals surface area contributed by atoms with E-state index in [2.05, 4.69) is 21.3 Å². The zero-order valence-corrected chi connectivity index (χ0v) is 34.5. The second kappa shape index (κ2) is 26.2. The van der Waals surface area contributed by atoms with Crippen molar-refractivity contribution in [3.63, 3.8) is 0 Å². The molecule has 0 aliphatic carbocycles. The number of alkyl carbamates (subject to hydrolysis) is 1. The number of hydrogen-bond acceptors (Lipinski definition) is 10. The summed E-state index contributed by atoms with van der Waals surface area (Å²) in [5.74, 6) is -0.407. The maximum Gasteiger partial charge on any atom is 0.407 e. The van der Waals surface area contributed by atoms with Gasteiger partial charge < -0.3 is 35.5 Å². The third-order valence-corrected chi connectivity index (χ3v) is 9.58. The van der Waals surface area contributed by atoms with Gasteiger partial charge in [-0.1, -0.05) is 103 Å². The van der Waals surface area contributed by atoms with Crippen LogP contribution >= 0.6 is 33.2 Å². The van der Waals surface area contributed by atoms with Crippen LogP contribution in [-0.4, -0.2) is 80.2 Å². The van der Waals surface area contributed by atoms with E-state index in [-0.39, 0.29) is 23.7 Å². The van der Waals surface area contributed by atoms with Gasteiger partial charge in [-0.2, -0.15) is 0 Å². The van der Waals surface area contributed by atoms with Crippen molar-refractivity contribution in [1.29, 1.82) is 0 Å². The number of rotatable bonds is 22. The molecule has 1 heterocycles. The summed E-state index contributed by atoms with van der Waals surface area (Å²) >= 11 is 6.00. The van der Waals surface area contributed by atoms with Crippen LogP contribution in [0.4, 0.5) is 4.79 Å². The molecule has 0 radical (unpaired) electrons. The minimum Gasteiger partial charge on any atom is -0.490 e. The van der Waals surface area contributed by atoms with Gasteiger partial charge in [0.05, 0.1) is 7.11 Å². The molecule has 0 aromatic carbocycles. The molecule has 4 atom stereocenters. The van der Waals surface area contributed by atoms with Gasteiger partial charge in [-0.3, -0.25) is 14.4 Å². The Morgan fingerprint density at radius 1 is 1.09 bits per heavy atom. The lowest BCUT2D eigenvalue weighted by molar-refractivity contribution is -0.151. The molecule has 4 unspecified atom stereocenters. The van der Waals surface area contributed by atoms with E-state index in [9.17, 15) is 24.0 Å². The van der Waals surface area contributed by atoms with Gasteiger partial charge in [-0.25, -0.2) is 9.59 Å². The highest BCUT2D eigenvalue weighted by atomic mass is 35.5. The Kier molecular flexibility index (Phi) is 23.4. The van der Waals surface area contributed by atoms with Gasteiger partial charge in [0, 0.05) is 61.6 Å². The van der Waals surface area contributed by atoms with Gasteiger partial charge in [0.1, 0.15) is 18.2 Å². The van der Waals surface area contributed by atoms with Gasteiger partial charge in [-0.15, -0.1) is 0 Å². The summed E-state index contributed by atoms with van der Waals surface area (Å²) in [6.45, 7) is 11.9. The first-order valence-corrected chi connectivity index (χ1v) is 20.6. The molecule has 0 bridgehead atoms. The van der Waals surface area contributed by atoms with E-state index in [1.165, 1.54) is 19.4 Å². The Bertz CT molecular complexity index is 1400. The largest absolute Gasteiger partial charge is 0.490 e. The summed E-state index contributed by atoms with van der Waals surface area (Å²) in [6, 6.07) is -0.847. The van der Waals surface area contributed by atoms with Gasteiger partial charge >= 0.3 is 12.1 Å². The first kappa shape index (κ1) is 47.4. The fourth-order valence-electron chi connectivity index (χ4n) is 4.77. The van der Waals surface area contributed by atoms with E-state index in [0.717, 1.165) is 11.3 Å². The van der Waals surface area contributed by atoms with Crippen molar-refractivity contribution in [3.8, 4) is 0 Å². The number of hydrogen-bond donors (Lipinski definition) is 4. The second-order valence-corrected chi connectivity index (χ2v) is 16.6. The third-order valence-electron chi connectivity index (χ3n) is 7.61. The Morgan fingerprint density at radius 3 is 2.43 bits per heavy atom. The maximum atomic E-state index is 13.1. The van der Waals surface area contributed by atoms with Crippen molar-refractivity contribution in [3.05, 3.63) is 71.2 Å². The van der Waals surface area contributed by atoms with Crippen LogP contribution in [0, 0.1) is 11.3 Å². The van der Waals surface area contributed by atoms with Crippen LogP contribution in [0.15, 0.2) is 71.2 Å². The van der Waals surface area contributed by atoms with E-state index >= 15 is 0 Å². The van der Waals surface area contributed by atoms with Crippen molar-refractivity contribution < 1.29 is 38.2 Å². The molecule has 15 heteroatoms. The Balaban J connectivity index is 2.65. The molecule has 0 saturated carbocycles. The second-order valence-electron chi connectivity index (χ2n) is 13.3. The number of ether oxygens (including phenoxy) is 3. The lowest BCUT2D eigenvalue weighted by Gasteiger charge is -2.29. The predicted molar refractivity (Wildman–Crippen MR) is 215 cm³/mol. The van der Waals surface area contributed by atoms with E-state index in [0.29, 0.717) is 50.2 Å². The Morgan fingerprint density at radius 2 is 1.79 bits per heavy atom. The summed E-state index contributed by atoms with van der Waals surface area (Å²) in [5.41, 5.74) is 0.326. The number of carbonyl (C=O) groups is 5. The standard InChI is InChI=1S/C38H57ClN4O8S2/c1-26(25-27(2)30-18-19-31(49-7)36(47)51-30)13-9-10-15-33(45)43-34(38(4,5)6)35(46)41-21-11-14-29(17-16-28(3)39)50-37(48)42-23-12-22-40-32(44)20-24-53-52-8/h9-11,13,15-16,19,21,25,27,29-30,34H,12,14,17-18,20,22-24H2,1-8H3,(H,40,44)(H,41,46)(H,42,48)(H,43,45). The zero-order valence-electron chi connectivity index (χ0n) is 32.1. The maximum absolute atomic E-state index is 13.1. The molecule has 4 N–H and O–H groups in total. The van der Waals surface area contributed by atoms with Crippen molar-refractivity contribution in [2.75, 3.05) is 32.2 Å². The number of cyclic esters (lactones) is 1. The van der Waals surface area contributed by atoms with Crippen LogP contribution in [-0.2, 0) is 33.4 Å². The molecular formula is C38H57ClN4O8S2. The molecule has 296 valence electrons. The molecule has 0 saturated heterocycles. The number of nitrogens with one attached hydrogen (secondary N) is 4. The van der Waals surface area contributed by atoms with Gasteiger partial charge in [-0.05, 0) is 44.2 Å². The molecule has 12 nitrogen and oxygen atoms in total. The van der Waals surface area contributed by atoms with Crippen LogP contribution in [0.1, 0.15) is 73.6 Å². The SMILES string of the molecule is COC1=CCC(C(C)C=C(C)C=CC=CC(=O)NC(C(=O)NC=CCC(CC=C(C)Cl)OC(=O)NCCCNC(=O)CCSSC)C(C)(C)C)OC1=O. The summed E-state index contributed by atoms with van der Waals surface area (Å²) in [4.78, 5) is 62.1. The van der Waals surface area contributed by atoms with Crippen molar-refractivity contribution in [2.24, 2.45) is 11.3 Å². The normalized spacial score (nSPS) is 17.2. The topological polar surface area (TPSA) is 161 Å². The fourth-order valence-corrected chi connectivity index (χ4v) is 6.04. The number of methoxy groups -OCH3 is 1. The zero-order chi connectivity index (χ0) is 39.8. The molecule has 0 aromatic rings. The quantitative estimate of drug-likeness (QED) is 0.0309. The number of amides is 4. The number of carbonyl (C=O) groups excluding carboxylic acids is 5. The Labute approximate surface area is 327 Å². The van der Waals surface area contributed by atoms with E-state index in [4.69, 9.17) is 25.8 Å². The van der Waals surface area contributed by atoms with Gasteiger partial charge in [0.15, 0.2) is 5.76 Å². The fraction of sp³-hybridized carbons (Fsp3) is 0.553. The smallest absolute Gasteiger partial charge is 0.407 e. The lowest BCUT2D eigenvalue weighted by Crippen LogP contribution is -2.52. The predicted octanol–water partition coefficient (Wildman–Crippen LogP) is 6.61. The third kappa shape index (κ3) is 21.6. The molecular weight excluding hydrogens is 740 g/mol. The minimum absolute atomic E-state index is 0.0227. The molecule has 1 aliphatic rings. The Hall–Kier alpha value is -3.62. The van der Waals surface area contributed by atoms with Crippen LogP contribution < -0.4 is 21.3 Å². The average Bonchev–Trinajstić information content (AvgIpc) is 3.08. The summed E-state index contributed by atoms with van der Waals surface area (Å²) in [6.07, 6.45) is 17.8. The highest BCUT2D eigenvalue weighted by Crippen LogP contribution is 2.23. The van der Waals surface area contributed by atoms with Crippen LogP contribution in [0.25, 0.3) is 0 Å². The lowest BCUT2D eigenvalue weighted by atomic mass is 9.86. The molecule has 1 rings (SSSR count). The van der Waals surface area contributed by atoms with E-state index in [1.54, 1.807) is 58.9 Å². The van der Waals surface area contributed by atoms with Crippen LogP contribution in [0.2, 0.25) is 0 Å². The van der Waals surface area contributed by atoms with Crippen LogP contribution in [0.5, 0.6) is 0 Å². The van der Waals surface area contributed by atoms with Crippen molar-refractivity contribution >= 4 is 63.0 Å². The number of allylic oxidation sites excluding steroid dienone is 5. The monoisotopic (exact) mass is 796 g/mol. The van der Waals surface area contributed by atoms with Crippen molar-refractivity contribution in [2.45, 2.75) is 91.9 Å². The van der Waals surface area contributed by atoms with Crippen LogP contribution in [0.3, 0.4) is 0 Å². The van der Waals surface area contributed by atoms with E-state index in [1.807, 2.05) is 53.0 Å². The first-order valence-electron chi connectivity index (χ1n) is 17.5. The molecule has 0 aromatic heterocycles. The van der Waals surface area contributed by atoms with Gasteiger partial charge in [0.25, 0.3) is 0 Å². The molecule has 1 aliphatic heterocycles. The number of esters is 1.